The molecular weight excluding hydrogens is 249 g/mol. The van der Waals surface area contributed by atoms with Gasteiger partial charge in [-0.05, 0) is 35.2 Å². The van der Waals surface area contributed by atoms with Crippen LogP contribution >= 0.6 is 34.5 Å². The van der Waals surface area contributed by atoms with Crippen molar-refractivity contribution in [1.29, 1.82) is 0 Å². The monoisotopic (exact) mass is 257 g/mol. The maximum Gasteiger partial charge on any atom is 0.0451 e. The van der Waals surface area contributed by atoms with Gasteiger partial charge in [-0.3, -0.25) is 0 Å². The van der Waals surface area contributed by atoms with Crippen LogP contribution in [0.4, 0.5) is 5.69 Å². The summed E-state index contributed by atoms with van der Waals surface area (Å²) in [6.07, 6.45) is 0. The van der Waals surface area contributed by atoms with Gasteiger partial charge in [0.25, 0.3) is 0 Å². The predicted molar refractivity (Wildman–Crippen MR) is 68.1 cm³/mol. The van der Waals surface area contributed by atoms with Crippen molar-refractivity contribution >= 4 is 40.2 Å². The molecule has 0 fully saturated rings. The van der Waals surface area contributed by atoms with E-state index in [1.165, 1.54) is 0 Å². The molecule has 0 saturated heterocycles. The van der Waals surface area contributed by atoms with Gasteiger partial charge in [-0.1, -0.05) is 23.2 Å². The molecule has 0 bridgehead atoms. The Balaban J connectivity index is 2.05. The third-order valence-corrected chi connectivity index (χ3v) is 3.06. The number of thiophene rings is 1. The highest BCUT2D eigenvalue weighted by Crippen LogP contribution is 2.20. The Labute approximate surface area is 103 Å². The summed E-state index contributed by atoms with van der Waals surface area (Å²) in [6.45, 7) is 0.733. The second-order valence-electron chi connectivity index (χ2n) is 3.14. The van der Waals surface area contributed by atoms with Crippen LogP contribution in [0.2, 0.25) is 10.0 Å². The van der Waals surface area contributed by atoms with Crippen LogP contribution in [0.1, 0.15) is 5.56 Å². The molecule has 1 aromatic carbocycles. The molecule has 0 saturated carbocycles. The van der Waals surface area contributed by atoms with E-state index >= 15 is 0 Å². The molecule has 0 aliphatic carbocycles. The second kappa shape index (κ2) is 4.88. The quantitative estimate of drug-likeness (QED) is 0.843. The largest absolute Gasteiger partial charge is 0.380 e. The van der Waals surface area contributed by atoms with E-state index < -0.39 is 0 Å². The van der Waals surface area contributed by atoms with Gasteiger partial charge in [-0.25, -0.2) is 0 Å². The summed E-state index contributed by atoms with van der Waals surface area (Å²) in [6, 6.07) is 7.59. The lowest BCUT2D eigenvalue weighted by atomic mass is 10.2. The first kappa shape index (κ1) is 10.8. The number of rotatable bonds is 3. The van der Waals surface area contributed by atoms with E-state index in [1.54, 1.807) is 17.4 Å². The van der Waals surface area contributed by atoms with Crippen molar-refractivity contribution in [2.75, 3.05) is 5.32 Å². The van der Waals surface area contributed by atoms with Crippen molar-refractivity contribution in [3.05, 3.63) is 50.6 Å². The van der Waals surface area contributed by atoms with Crippen molar-refractivity contribution < 1.29 is 0 Å². The highest BCUT2D eigenvalue weighted by atomic mass is 35.5. The van der Waals surface area contributed by atoms with Crippen LogP contribution in [-0.2, 0) is 6.54 Å². The van der Waals surface area contributed by atoms with Crippen molar-refractivity contribution in [3.63, 3.8) is 0 Å². The Morgan fingerprint density at radius 2 is 1.87 bits per heavy atom. The minimum absolute atomic E-state index is 0.671. The zero-order chi connectivity index (χ0) is 10.7. The molecule has 0 unspecified atom stereocenters. The molecule has 2 rings (SSSR count). The number of hydrogen-bond donors (Lipinski definition) is 1. The standard InChI is InChI=1S/C11H9Cl2NS/c12-9-3-8(4-10(13)5-9)6-14-11-1-2-15-7-11/h1-5,7,14H,6H2. The van der Waals surface area contributed by atoms with Crippen molar-refractivity contribution in [1.82, 2.24) is 0 Å². The van der Waals surface area contributed by atoms with E-state index in [1.807, 2.05) is 23.6 Å². The summed E-state index contributed by atoms with van der Waals surface area (Å²) < 4.78 is 0. The average Bonchev–Trinajstić information content (AvgIpc) is 2.65. The van der Waals surface area contributed by atoms with Crippen LogP contribution in [0.5, 0.6) is 0 Å². The minimum atomic E-state index is 0.671. The summed E-state index contributed by atoms with van der Waals surface area (Å²) in [7, 11) is 0. The molecule has 2 aromatic rings. The van der Waals surface area contributed by atoms with Gasteiger partial charge in [0.2, 0.25) is 0 Å². The molecule has 1 heterocycles. The molecule has 1 nitrogen and oxygen atoms in total. The van der Waals surface area contributed by atoms with Gasteiger partial charge in [0.1, 0.15) is 0 Å². The first-order valence-electron chi connectivity index (χ1n) is 4.45. The number of nitrogens with one attached hydrogen (secondary N) is 1. The van der Waals surface area contributed by atoms with Gasteiger partial charge in [0, 0.05) is 27.7 Å². The van der Waals surface area contributed by atoms with Crippen LogP contribution in [0.15, 0.2) is 35.0 Å². The van der Waals surface area contributed by atoms with Crippen molar-refractivity contribution in [2.24, 2.45) is 0 Å². The van der Waals surface area contributed by atoms with E-state index in [0.29, 0.717) is 10.0 Å². The van der Waals surface area contributed by atoms with Crippen LogP contribution in [0, 0.1) is 0 Å². The third kappa shape index (κ3) is 3.13. The molecule has 1 N–H and O–H groups in total. The Morgan fingerprint density at radius 1 is 1.13 bits per heavy atom. The topological polar surface area (TPSA) is 12.0 Å². The molecule has 0 amide bonds. The highest BCUT2D eigenvalue weighted by Gasteiger charge is 1.98. The lowest BCUT2D eigenvalue weighted by molar-refractivity contribution is 1.15. The normalized spacial score (nSPS) is 10.3. The maximum atomic E-state index is 5.90. The first-order chi connectivity index (χ1) is 7.24. The summed E-state index contributed by atoms with van der Waals surface area (Å²) >= 11 is 13.5. The minimum Gasteiger partial charge on any atom is -0.380 e. The molecule has 1 aromatic heterocycles. The molecule has 0 aliphatic rings. The summed E-state index contributed by atoms with van der Waals surface area (Å²) in [4.78, 5) is 0. The second-order valence-corrected chi connectivity index (χ2v) is 4.80. The molecule has 0 atom stereocenters. The summed E-state index contributed by atoms with van der Waals surface area (Å²) in [5.41, 5.74) is 2.20. The molecule has 0 spiro atoms. The fourth-order valence-corrected chi connectivity index (χ4v) is 2.47. The molecule has 0 radical (unpaired) electrons. The fourth-order valence-electron chi connectivity index (χ4n) is 1.28. The van der Waals surface area contributed by atoms with E-state index in [0.717, 1.165) is 17.8 Å². The van der Waals surface area contributed by atoms with Gasteiger partial charge in [-0.2, -0.15) is 11.3 Å². The smallest absolute Gasteiger partial charge is 0.0451 e. The van der Waals surface area contributed by atoms with Gasteiger partial charge >= 0.3 is 0 Å². The van der Waals surface area contributed by atoms with Crippen molar-refractivity contribution in [3.8, 4) is 0 Å². The molecular formula is C11H9Cl2NS. The zero-order valence-electron chi connectivity index (χ0n) is 7.84. The lowest BCUT2D eigenvalue weighted by Gasteiger charge is -2.05. The number of hydrogen-bond acceptors (Lipinski definition) is 2. The van der Waals surface area contributed by atoms with Gasteiger partial charge < -0.3 is 5.32 Å². The van der Waals surface area contributed by atoms with Gasteiger partial charge in [0.15, 0.2) is 0 Å². The van der Waals surface area contributed by atoms with E-state index in [4.69, 9.17) is 23.2 Å². The summed E-state index contributed by atoms with van der Waals surface area (Å²) in [5, 5.41) is 8.73. The maximum absolute atomic E-state index is 5.90. The average molecular weight is 258 g/mol. The third-order valence-electron chi connectivity index (χ3n) is 1.94. The SMILES string of the molecule is Clc1cc(Cl)cc(CNc2ccsc2)c1. The summed E-state index contributed by atoms with van der Waals surface area (Å²) in [5.74, 6) is 0. The van der Waals surface area contributed by atoms with E-state index in [2.05, 4.69) is 10.7 Å². The Kier molecular flexibility index (Phi) is 3.52. The zero-order valence-corrected chi connectivity index (χ0v) is 10.2. The molecule has 15 heavy (non-hydrogen) atoms. The van der Waals surface area contributed by atoms with Crippen molar-refractivity contribution in [2.45, 2.75) is 6.54 Å². The van der Waals surface area contributed by atoms with Crippen LogP contribution in [-0.4, -0.2) is 0 Å². The number of benzene rings is 1. The number of halogens is 2. The Hall–Kier alpha value is -0.700. The fraction of sp³-hybridized carbons (Fsp3) is 0.0909. The Morgan fingerprint density at radius 3 is 2.47 bits per heavy atom. The van der Waals surface area contributed by atoms with Crippen LogP contribution in [0.3, 0.4) is 0 Å². The van der Waals surface area contributed by atoms with Crippen LogP contribution < -0.4 is 5.32 Å². The first-order valence-corrected chi connectivity index (χ1v) is 6.15. The number of anilines is 1. The van der Waals surface area contributed by atoms with Gasteiger partial charge in [-0.15, -0.1) is 0 Å². The molecule has 0 aliphatic heterocycles. The Bertz CT molecular complexity index is 420. The lowest BCUT2D eigenvalue weighted by Crippen LogP contribution is -1.97. The predicted octanol–water partition coefficient (Wildman–Crippen LogP) is 4.67. The molecule has 78 valence electrons. The molecule has 4 heteroatoms. The van der Waals surface area contributed by atoms with E-state index in [9.17, 15) is 0 Å². The van der Waals surface area contributed by atoms with E-state index in [-0.39, 0.29) is 0 Å². The van der Waals surface area contributed by atoms with Gasteiger partial charge in [0.05, 0.1) is 0 Å². The van der Waals surface area contributed by atoms with Crippen LogP contribution in [0.25, 0.3) is 0 Å². The highest BCUT2D eigenvalue weighted by molar-refractivity contribution is 7.08.